The van der Waals surface area contributed by atoms with Gasteiger partial charge in [-0.25, -0.2) is 4.68 Å². The van der Waals surface area contributed by atoms with Gasteiger partial charge in [0.1, 0.15) is 0 Å². The maximum Gasteiger partial charge on any atom is 0.278 e. The Morgan fingerprint density at radius 1 is 1.19 bits per heavy atom. The number of para-hydroxylation sites is 1. The predicted octanol–water partition coefficient (Wildman–Crippen LogP) is 1.90. The van der Waals surface area contributed by atoms with E-state index in [0.717, 1.165) is 31.6 Å². The van der Waals surface area contributed by atoms with Crippen LogP contribution >= 0.6 is 0 Å². The second kappa shape index (κ2) is 8.30. The van der Waals surface area contributed by atoms with Gasteiger partial charge < -0.3 is 16.0 Å². The molecule has 1 aliphatic rings. The minimum absolute atomic E-state index is 0.00776. The number of nitrogens with zero attached hydrogens (tertiary/aromatic N) is 3. The van der Waals surface area contributed by atoms with Gasteiger partial charge in [-0.15, -0.1) is 5.10 Å². The van der Waals surface area contributed by atoms with E-state index in [1.165, 1.54) is 0 Å². The molecule has 1 aromatic carbocycles. The average Bonchev–Trinajstić information content (AvgIpc) is 3.04. The van der Waals surface area contributed by atoms with Gasteiger partial charge in [-0.05, 0) is 58.8 Å². The van der Waals surface area contributed by atoms with Gasteiger partial charge in [0.2, 0.25) is 0 Å². The summed E-state index contributed by atoms with van der Waals surface area (Å²) >= 11 is 0. The summed E-state index contributed by atoms with van der Waals surface area (Å²) in [7, 11) is 0. The van der Waals surface area contributed by atoms with Crippen LogP contribution in [0.25, 0.3) is 0 Å². The summed E-state index contributed by atoms with van der Waals surface area (Å²) in [5, 5.41) is 17.3. The molecule has 1 fully saturated rings. The smallest absolute Gasteiger partial charge is 0.278 e. The molecular formula is C19H26N6O2. The number of carbonyl (C=O) groups is 2. The van der Waals surface area contributed by atoms with Crippen LogP contribution in [0.5, 0.6) is 0 Å². The zero-order valence-electron chi connectivity index (χ0n) is 16.0. The summed E-state index contributed by atoms with van der Waals surface area (Å²) in [4.78, 5) is 25.1. The van der Waals surface area contributed by atoms with Crippen LogP contribution in [-0.4, -0.2) is 45.9 Å². The Morgan fingerprint density at radius 2 is 1.89 bits per heavy atom. The van der Waals surface area contributed by atoms with Crippen molar-refractivity contribution in [3.63, 3.8) is 0 Å². The quantitative estimate of drug-likeness (QED) is 0.746. The summed E-state index contributed by atoms with van der Waals surface area (Å²) < 4.78 is 1.84. The zero-order chi connectivity index (χ0) is 19.4. The zero-order valence-corrected chi connectivity index (χ0v) is 16.0. The number of rotatable bonds is 5. The molecule has 8 nitrogen and oxygen atoms in total. The van der Waals surface area contributed by atoms with Gasteiger partial charge in [-0.2, -0.15) is 0 Å². The SMILES string of the molecule is Cc1c(C(=O)Nc2ccccc2C(=O)NC(C)C)nnn1C1CCNCC1. The van der Waals surface area contributed by atoms with Crippen LogP contribution < -0.4 is 16.0 Å². The molecule has 8 heteroatoms. The van der Waals surface area contributed by atoms with E-state index in [2.05, 4.69) is 26.3 Å². The van der Waals surface area contributed by atoms with Gasteiger partial charge >= 0.3 is 0 Å². The first-order valence-corrected chi connectivity index (χ1v) is 9.31. The topological polar surface area (TPSA) is 101 Å². The van der Waals surface area contributed by atoms with Gasteiger partial charge in [0.15, 0.2) is 5.69 Å². The molecule has 2 amide bonds. The molecule has 1 saturated heterocycles. The van der Waals surface area contributed by atoms with Crippen LogP contribution in [0, 0.1) is 6.92 Å². The molecule has 0 saturated carbocycles. The number of nitrogens with one attached hydrogen (secondary N) is 3. The largest absolute Gasteiger partial charge is 0.350 e. The molecule has 1 aliphatic heterocycles. The molecule has 0 unspecified atom stereocenters. The normalized spacial score (nSPS) is 15.0. The number of piperidine rings is 1. The summed E-state index contributed by atoms with van der Waals surface area (Å²) in [5.41, 5.74) is 1.90. The number of benzene rings is 1. The van der Waals surface area contributed by atoms with Crippen molar-refractivity contribution in [2.24, 2.45) is 0 Å². The Balaban J connectivity index is 1.78. The van der Waals surface area contributed by atoms with Crippen LogP contribution in [0.15, 0.2) is 24.3 Å². The lowest BCUT2D eigenvalue weighted by molar-refractivity contribution is 0.0944. The highest BCUT2D eigenvalue weighted by molar-refractivity contribution is 6.08. The lowest BCUT2D eigenvalue weighted by Crippen LogP contribution is -2.31. The molecule has 2 heterocycles. The Bertz CT molecular complexity index is 823. The molecule has 3 rings (SSSR count). The van der Waals surface area contributed by atoms with E-state index >= 15 is 0 Å². The highest BCUT2D eigenvalue weighted by Crippen LogP contribution is 2.21. The first kappa shape index (κ1) is 19.0. The highest BCUT2D eigenvalue weighted by atomic mass is 16.2. The Morgan fingerprint density at radius 3 is 2.59 bits per heavy atom. The maximum atomic E-state index is 12.8. The van der Waals surface area contributed by atoms with Crippen LogP contribution in [0.3, 0.4) is 0 Å². The lowest BCUT2D eigenvalue weighted by Gasteiger charge is -2.23. The summed E-state index contributed by atoms with van der Waals surface area (Å²) in [5.74, 6) is -0.589. The number of carbonyl (C=O) groups excluding carboxylic acids is 2. The maximum absolute atomic E-state index is 12.8. The minimum Gasteiger partial charge on any atom is -0.350 e. The Kier molecular flexibility index (Phi) is 5.85. The van der Waals surface area contributed by atoms with Crippen LogP contribution in [0.4, 0.5) is 5.69 Å². The van der Waals surface area contributed by atoms with Gasteiger partial charge in [0, 0.05) is 6.04 Å². The third-order valence-corrected chi connectivity index (χ3v) is 4.64. The lowest BCUT2D eigenvalue weighted by atomic mass is 10.1. The van der Waals surface area contributed by atoms with Crippen molar-refractivity contribution in [3.05, 3.63) is 41.2 Å². The number of hydrogen-bond acceptors (Lipinski definition) is 5. The van der Waals surface area contributed by atoms with E-state index in [1.54, 1.807) is 24.3 Å². The number of hydrogen-bond donors (Lipinski definition) is 3. The number of aromatic nitrogens is 3. The molecule has 0 radical (unpaired) electrons. The molecule has 3 N–H and O–H groups in total. The van der Waals surface area contributed by atoms with E-state index in [9.17, 15) is 9.59 Å². The van der Waals surface area contributed by atoms with Crippen molar-refractivity contribution in [2.45, 2.75) is 45.7 Å². The van der Waals surface area contributed by atoms with Crippen molar-refractivity contribution in [1.82, 2.24) is 25.6 Å². The van der Waals surface area contributed by atoms with Crippen molar-refractivity contribution in [1.29, 1.82) is 0 Å². The second-order valence-electron chi connectivity index (χ2n) is 7.08. The van der Waals surface area contributed by atoms with Crippen LogP contribution in [0.2, 0.25) is 0 Å². The summed E-state index contributed by atoms with van der Waals surface area (Å²) in [6.45, 7) is 7.51. The Labute approximate surface area is 158 Å². The first-order chi connectivity index (χ1) is 13.0. The first-order valence-electron chi connectivity index (χ1n) is 9.31. The van der Waals surface area contributed by atoms with Gasteiger partial charge in [0.25, 0.3) is 11.8 Å². The van der Waals surface area contributed by atoms with E-state index < -0.39 is 0 Å². The van der Waals surface area contributed by atoms with E-state index in [4.69, 9.17) is 0 Å². The van der Waals surface area contributed by atoms with Crippen LogP contribution in [-0.2, 0) is 0 Å². The summed E-state index contributed by atoms with van der Waals surface area (Å²) in [6, 6.07) is 7.20. The van der Waals surface area contributed by atoms with Crippen molar-refractivity contribution < 1.29 is 9.59 Å². The van der Waals surface area contributed by atoms with Crippen molar-refractivity contribution in [2.75, 3.05) is 18.4 Å². The van der Waals surface area contributed by atoms with Gasteiger partial charge in [0.05, 0.1) is 23.0 Å². The molecule has 2 aromatic rings. The van der Waals surface area contributed by atoms with E-state index in [1.807, 2.05) is 25.5 Å². The molecule has 144 valence electrons. The molecular weight excluding hydrogens is 344 g/mol. The molecule has 1 aromatic heterocycles. The van der Waals surface area contributed by atoms with E-state index in [0.29, 0.717) is 11.3 Å². The fourth-order valence-electron chi connectivity index (χ4n) is 3.26. The predicted molar refractivity (Wildman–Crippen MR) is 103 cm³/mol. The fourth-order valence-corrected chi connectivity index (χ4v) is 3.26. The van der Waals surface area contributed by atoms with Gasteiger partial charge in [-0.3, -0.25) is 9.59 Å². The summed E-state index contributed by atoms with van der Waals surface area (Å²) in [6.07, 6.45) is 1.92. The van der Waals surface area contributed by atoms with Gasteiger partial charge in [-0.1, -0.05) is 17.3 Å². The molecule has 0 atom stereocenters. The number of anilines is 1. The Hall–Kier alpha value is -2.74. The van der Waals surface area contributed by atoms with Crippen molar-refractivity contribution in [3.8, 4) is 0 Å². The van der Waals surface area contributed by atoms with E-state index in [-0.39, 0.29) is 29.6 Å². The molecule has 27 heavy (non-hydrogen) atoms. The average molecular weight is 370 g/mol. The highest BCUT2D eigenvalue weighted by Gasteiger charge is 2.24. The third kappa shape index (κ3) is 4.33. The molecule has 0 spiro atoms. The molecule has 0 bridgehead atoms. The van der Waals surface area contributed by atoms with Crippen LogP contribution in [0.1, 0.15) is 59.3 Å². The standard InChI is InChI=1S/C19H26N6O2/c1-12(2)21-18(26)15-6-4-5-7-16(15)22-19(27)17-13(3)25(24-23-17)14-8-10-20-11-9-14/h4-7,12,14,20H,8-11H2,1-3H3,(H,21,26)(H,22,27). The second-order valence-corrected chi connectivity index (χ2v) is 7.08. The third-order valence-electron chi connectivity index (χ3n) is 4.64. The number of amides is 2. The minimum atomic E-state index is -0.363. The fraction of sp³-hybridized carbons (Fsp3) is 0.474. The molecule has 0 aliphatic carbocycles. The monoisotopic (exact) mass is 370 g/mol. The van der Waals surface area contributed by atoms with Crippen molar-refractivity contribution >= 4 is 17.5 Å².